The largest absolute Gasteiger partial charge is 0.493 e. The minimum atomic E-state index is -0.159. The van der Waals surface area contributed by atoms with Gasteiger partial charge in [0.25, 0.3) is 5.91 Å². The van der Waals surface area contributed by atoms with Crippen LogP contribution in [0.4, 0.5) is 5.69 Å². The summed E-state index contributed by atoms with van der Waals surface area (Å²) in [5.74, 6) is 1.65. The third kappa shape index (κ3) is 10.6. The Bertz CT molecular complexity index is 1080. The maximum atomic E-state index is 12.7. The van der Waals surface area contributed by atoms with Crippen molar-refractivity contribution in [3.63, 3.8) is 0 Å². The number of methoxy groups -OCH3 is 2. The van der Waals surface area contributed by atoms with Crippen molar-refractivity contribution < 1.29 is 19.0 Å². The van der Waals surface area contributed by atoms with Gasteiger partial charge >= 0.3 is 0 Å². The number of nitrogens with zero attached hydrogens (tertiary/aromatic N) is 2. The third-order valence-electron chi connectivity index (χ3n) is 7.81. The summed E-state index contributed by atoms with van der Waals surface area (Å²) in [5.41, 5.74) is 7.66. The van der Waals surface area contributed by atoms with Crippen LogP contribution in [0.3, 0.4) is 0 Å². The van der Waals surface area contributed by atoms with Gasteiger partial charge in [0.1, 0.15) is 0 Å². The number of benzene rings is 2. The summed E-state index contributed by atoms with van der Waals surface area (Å²) >= 11 is 0. The van der Waals surface area contributed by atoms with E-state index in [1.54, 1.807) is 26.4 Å². The number of anilines is 1. The van der Waals surface area contributed by atoms with Gasteiger partial charge in [0.05, 0.1) is 20.8 Å². The summed E-state index contributed by atoms with van der Waals surface area (Å²) in [6, 6.07) is 10.3. The number of carbonyl (C=O) groups is 1. The Morgan fingerprint density at radius 2 is 1.44 bits per heavy atom. The Morgan fingerprint density at radius 3 is 2.02 bits per heavy atom. The second-order valence-electron chi connectivity index (χ2n) is 11.0. The van der Waals surface area contributed by atoms with E-state index in [4.69, 9.17) is 14.2 Å². The molecule has 41 heavy (non-hydrogen) atoms. The van der Waals surface area contributed by atoms with Crippen molar-refractivity contribution in [1.82, 2.24) is 10.4 Å². The van der Waals surface area contributed by atoms with Crippen LogP contribution in [0, 0.1) is 13.8 Å². The molecule has 0 radical (unpaired) electrons. The van der Waals surface area contributed by atoms with Gasteiger partial charge in [-0.15, -0.1) is 0 Å². The smallest absolute Gasteiger partial charge is 0.258 e. The van der Waals surface area contributed by atoms with Gasteiger partial charge in [-0.05, 0) is 67.3 Å². The number of piperazine rings is 1. The molecule has 0 saturated carbocycles. The molecule has 1 aliphatic heterocycles. The third-order valence-corrected chi connectivity index (χ3v) is 7.81. The van der Waals surface area contributed by atoms with Crippen molar-refractivity contribution in [2.24, 2.45) is 0 Å². The van der Waals surface area contributed by atoms with Gasteiger partial charge in [-0.2, -0.15) is 0 Å². The highest BCUT2D eigenvalue weighted by atomic mass is 16.5. The average Bonchev–Trinajstić information content (AvgIpc) is 2.98. The molecule has 1 amide bonds. The molecule has 1 heterocycles. The standard InChI is InChI=1S/C34H51N3O4/c1-6-7-8-9-10-11-12-13-14-23-41-34-31(39-4)25-29(26-32(34)40-5)16-18-33(38)35-37-21-19-36(20-22-37)30-17-15-27(2)28(3)24-30/h15-18,24-26H,6-14,19-23H2,1-5H3,(H,35,38)/b18-16+. The fourth-order valence-electron chi connectivity index (χ4n) is 5.09. The van der Waals surface area contributed by atoms with Gasteiger partial charge in [-0.3, -0.25) is 10.2 Å². The van der Waals surface area contributed by atoms with E-state index in [1.807, 2.05) is 17.1 Å². The molecule has 1 saturated heterocycles. The minimum absolute atomic E-state index is 0.159. The lowest BCUT2D eigenvalue weighted by molar-refractivity contribution is -0.121. The Hall–Kier alpha value is -3.19. The highest BCUT2D eigenvalue weighted by Crippen LogP contribution is 2.39. The number of hydrogen-bond donors (Lipinski definition) is 1. The zero-order chi connectivity index (χ0) is 29.5. The van der Waals surface area contributed by atoms with Crippen LogP contribution in [0.25, 0.3) is 6.08 Å². The van der Waals surface area contributed by atoms with Crippen LogP contribution in [0.5, 0.6) is 17.2 Å². The van der Waals surface area contributed by atoms with Gasteiger partial charge < -0.3 is 19.1 Å². The Labute approximate surface area is 247 Å². The quantitative estimate of drug-likeness (QED) is 0.163. The van der Waals surface area contributed by atoms with Crippen molar-refractivity contribution in [3.8, 4) is 17.2 Å². The van der Waals surface area contributed by atoms with Crippen LogP contribution in [0.15, 0.2) is 36.4 Å². The molecule has 0 atom stereocenters. The summed E-state index contributed by atoms with van der Waals surface area (Å²) in [6.45, 7) is 10.4. The normalized spacial score (nSPS) is 13.9. The molecule has 2 aromatic carbocycles. The topological polar surface area (TPSA) is 63.3 Å². The summed E-state index contributed by atoms with van der Waals surface area (Å²) in [6.07, 6.45) is 14.7. The molecule has 0 spiro atoms. The zero-order valence-electron chi connectivity index (χ0n) is 26.0. The Kier molecular flexibility index (Phi) is 13.9. The van der Waals surface area contributed by atoms with Crippen molar-refractivity contribution in [2.75, 3.05) is 51.9 Å². The highest BCUT2D eigenvalue weighted by Gasteiger charge is 2.19. The maximum Gasteiger partial charge on any atom is 0.258 e. The first-order valence-electron chi connectivity index (χ1n) is 15.4. The summed E-state index contributed by atoms with van der Waals surface area (Å²) in [4.78, 5) is 15.0. The highest BCUT2D eigenvalue weighted by molar-refractivity contribution is 5.91. The molecule has 2 aromatic rings. The maximum absolute atomic E-state index is 12.7. The minimum Gasteiger partial charge on any atom is -0.493 e. The molecule has 0 aromatic heterocycles. The number of unbranched alkanes of at least 4 members (excludes halogenated alkanes) is 8. The van der Waals surface area contributed by atoms with E-state index < -0.39 is 0 Å². The Balaban J connectivity index is 1.45. The van der Waals surface area contributed by atoms with Crippen molar-refractivity contribution in [2.45, 2.75) is 78.6 Å². The first kappa shape index (κ1) is 32.3. The molecule has 1 aliphatic rings. The summed E-state index contributed by atoms with van der Waals surface area (Å²) in [7, 11) is 3.25. The number of hydrazine groups is 1. The van der Waals surface area contributed by atoms with Crippen LogP contribution in [-0.2, 0) is 4.79 Å². The molecule has 0 bridgehead atoms. The monoisotopic (exact) mass is 565 g/mol. The second kappa shape index (κ2) is 17.6. The van der Waals surface area contributed by atoms with Gasteiger partial charge in [0.2, 0.25) is 5.75 Å². The number of rotatable bonds is 17. The SMILES string of the molecule is CCCCCCCCCCCOc1c(OC)cc(/C=C/C(=O)NN2CCN(c3ccc(C)c(C)c3)CC2)cc1OC. The second-order valence-corrected chi connectivity index (χ2v) is 11.0. The fourth-order valence-corrected chi connectivity index (χ4v) is 5.09. The van der Waals surface area contributed by atoms with Gasteiger partial charge in [-0.1, -0.05) is 64.4 Å². The molecule has 1 fully saturated rings. The first-order valence-corrected chi connectivity index (χ1v) is 15.4. The zero-order valence-corrected chi connectivity index (χ0v) is 26.0. The van der Waals surface area contributed by atoms with Crippen molar-refractivity contribution in [3.05, 3.63) is 53.1 Å². The molecule has 7 nitrogen and oxygen atoms in total. The average molecular weight is 566 g/mol. The Morgan fingerprint density at radius 1 is 0.829 bits per heavy atom. The van der Waals surface area contributed by atoms with E-state index in [0.29, 0.717) is 23.9 Å². The molecule has 0 unspecified atom stereocenters. The van der Waals surface area contributed by atoms with Gasteiger partial charge in [-0.25, -0.2) is 5.01 Å². The predicted octanol–water partition coefficient (Wildman–Crippen LogP) is 7.10. The molecule has 7 heteroatoms. The lowest BCUT2D eigenvalue weighted by atomic mass is 10.1. The van der Waals surface area contributed by atoms with E-state index in [1.165, 1.54) is 61.8 Å². The summed E-state index contributed by atoms with van der Waals surface area (Å²) < 4.78 is 17.3. The number of aryl methyl sites for hydroxylation is 2. The molecule has 1 N–H and O–H groups in total. The van der Waals surface area contributed by atoms with Crippen molar-refractivity contribution in [1.29, 1.82) is 0 Å². The van der Waals surface area contributed by atoms with Crippen LogP contribution >= 0.6 is 0 Å². The number of ether oxygens (including phenoxy) is 3. The lowest BCUT2D eigenvalue weighted by Gasteiger charge is -2.36. The van der Waals surface area contributed by atoms with E-state index in [-0.39, 0.29) is 5.91 Å². The fraction of sp³-hybridized carbons (Fsp3) is 0.559. The van der Waals surface area contributed by atoms with E-state index in [9.17, 15) is 4.79 Å². The predicted molar refractivity (Wildman–Crippen MR) is 169 cm³/mol. The molecule has 226 valence electrons. The number of carbonyl (C=O) groups excluding carboxylic acids is 1. The molecule has 0 aliphatic carbocycles. The van der Waals surface area contributed by atoms with Crippen LogP contribution < -0.4 is 24.5 Å². The molecule has 3 rings (SSSR count). The molecular formula is C34H51N3O4. The lowest BCUT2D eigenvalue weighted by Crippen LogP contribution is -2.53. The van der Waals surface area contributed by atoms with Crippen molar-refractivity contribution >= 4 is 17.7 Å². The van der Waals surface area contributed by atoms with Crippen LogP contribution in [0.2, 0.25) is 0 Å². The number of hydrogen-bond acceptors (Lipinski definition) is 6. The van der Waals surface area contributed by atoms with E-state index in [2.05, 4.69) is 49.3 Å². The number of nitrogens with one attached hydrogen (secondary N) is 1. The van der Waals surface area contributed by atoms with E-state index in [0.717, 1.165) is 44.6 Å². The van der Waals surface area contributed by atoms with Crippen LogP contribution in [-0.4, -0.2) is 57.9 Å². The van der Waals surface area contributed by atoms with Gasteiger partial charge in [0.15, 0.2) is 11.5 Å². The summed E-state index contributed by atoms with van der Waals surface area (Å²) in [5, 5.41) is 1.98. The van der Waals surface area contributed by atoms with Crippen LogP contribution in [0.1, 0.15) is 81.4 Å². The first-order chi connectivity index (χ1) is 19.9. The van der Waals surface area contributed by atoms with Gasteiger partial charge in [0, 0.05) is 37.9 Å². The molecular weight excluding hydrogens is 514 g/mol. The van der Waals surface area contributed by atoms with E-state index >= 15 is 0 Å². The number of amides is 1.